The number of hydrogen-bond acceptors (Lipinski definition) is 3. The lowest BCUT2D eigenvalue weighted by Gasteiger charge is -2.36. The monoisotopic (exact) mass is 266 g/mol. The van der Waals surface area contributed by atoms with Gasteiger partial charge in [-0.25, -0.2) is 4.98 Å². The summed E-state index contributed by atoms with van der Waals surface area (Å²) in [6.45, 7) is 6.70. The number of rotatable bonds is 5. The molecule has 1 aromatic heterocycles. The molecule has 1 atom stereocenters. The molecule has 3 heteroatoms. The quantitative estimate of drug-likeness (QED) is 0.877. The Balaban J connectivity index is 2.06. The van der Waals surface area contributed by atoms with E-state index in [1.165, 1.54) is 37.1 Å². The third-order valence-electron chi connectivity index (χ3n) is 4.26. The molecule has 2 rings (SSSR count). The third-order valence-corrected chi connectivity index (χ3v) is 5.25. The van der Waals surface area contributed by atoms with Crippen LogP contribution in [-0.2, 0) is 6.42 Å². The van der Waals surface area contributed by atoms with Crippen molar-refractivity contribution in [3.05, 3.63) is 16.1 Å². The molecule has 0 amide bonds. The summed E-state index contributed by atoms with van der Waals surface area (Å²) < 4.78 is 0. The van der Waals surface area contributed by atoms with E-state index in [1.54, 1.807) is 11.3 Å². The molecule has 1 heterocycles. The van der Waals surface area contributed by atoms with Crippen LogP contribution in [0.3, 0.4) is 0 Å². The van der Waals surface area contributed by atoms with Crippen LogP contribution in [0.2, 0.25) is 0 Å². The van der Waals surface area contributed by atoms with E-state index in [1.807, 2.05) is 0 Å². The van der Waals surface area contributed by atoms with E-state index < -0.39 is 0 Å². The maximum absolute atomic E-state index is 6.57. The van der Waals surface area contributed by atoms with Crippen LogP contribution in [0.1, 0.15) is 56.7 Å². The van der Waals surface area contributed by atoms with Crippen LogP contribution >= 0.6 is 11.3 Å². The Kier molecular flexibility index (Phi) is 4.44. The molecule has 102 valence electrons. The van der Waals surface area contributed by atoms with Crippen LogP contribution in [0.25, 0.3) is 0 Å². The minimum absolute atomic E-state index is 0.285. The summed E-state index contributed by atoms with van der Waals surface area (Å²) in [6.07, 6.45) is 7.59. The molecule has 1 aliphatic rings. The molecular formula is C15H26N2S. The zero-order valence-electron chi connectivity index (χ0n) is 11.9. The fourth-order valence-corrected chi connectivity index (χ4v) is 4.35. The lowest BCUT2D eigenvalue weighted by molar-refractivity contribution is 0.181. The second-order valence-corrected chi connectivity index (χ2v) is 7.30. The Hall–Kier alpha value is -0.410. The Labute approximate surface area is 115 Å². The second-order valence-electron chi connectivity index (χ2n) is 6.36. The van der Waals surface area contributed by atoms with Crippen LogP contribution in [0, 0.1) is 18.3 Å². The Bertz CT molecular complexity index is 378. The van der Waals surface area contributed by atoms with Crippen LogP contribution < -0.4 is 5.73 Å². The lowest BCUT2D eigenvalue weighted by atomic mass is 9.72. The summed E-state index contributed by atoms with van der Waals surface area (Å²) in [5, 5.41) is 3.35. The van der Waals surface area contributed by atoms with Gasteiger partial charge in [0.1, 0.15) is 0 Å². The molecule has 0 bridgehead atoms. The minimum atomic E-state index is 0.285. The standard InChI is InChI=1S/C15H26N2S/c1-11(2)9-15(6-4-5-7-15)13(16)8-14-17-12(3)10-18-14/h10-11,13H,4-9,16H2,1-3H3. The van der Waals surface area contributed by atoms with E-state index in [0.717, 1.165) is 18.0 Å². The zero-order chi connectivity index (χ0) is 13.2. The average molecular weight is 266 g/mol. The normalized spacial score (nSPS) is 20.5. The molecule has 1 fully saturated rings. The number of aromatic nitrogens is 1. The van der Waals surface area contributed by atoms with Crippen molar-refractivity contribution in [3.8, 4) is 0 Å². The first-order chi connectivity index (χ1) is 8.52. The van der Waals surface area contributed by atoms with Gasteiger partial charge in [-0.05, 0) is 37.5 Å². The Morgan fingerprint density at radius 2 is 2.06 bits per heavy atom. The van der Waals surface area contributed by atoms with Gasteiger partial charge in [0.05, 0.1) is 5.01 Å². The highest BCUT2D eigenvalue weighted by Gasteiger charge is 2.39. The van der Waals surface area contributed by atoms with Crippen LogP contribution in [0.5, 0.6) is 0 Å². The summed E-state index contributed by atoms with van der Waals surface area (Å²) in [5.41, 5.74) is 8.08. The molecule has 0 aliphatic heterocycles. The molecule has 1 aliphatic carbocycles. The van der Waals surface area contributed by atoms with Crippen molar-refractivity contribution in [3.63, 3.8) is 0 Å². The minimum Gasteiger partial charge on any atom is -0.327 e. The van der Waals surface area contributed by atoms with Crippen LogP contribution in [-0.4, -0.2) is 11.0 Å². The number of nitrogens with zero attached hydrogens (tertiary/aromatic N) is 1. The molecule has 0 radical (unpaired) electrons. The van der Waals surface area contributed by atoms with Crippen molar-refractivity contribution >= 4 is 11.3 Å². The van der Waals surface area contributed by atoms with E-state index in [4.69, 9.17) is 5.73 Å². The molecule has 1 saturated carbocycles. The highest BCUT2D eigenvalue weighted by molar-refractivity contribution is 7.09. The fraction of sp³-hybridized carbons (Fsp3) is 0.800. The van der Waals surface area contributed by atoms with Crippen molar-refractivity contribution in [2.45, 2.75) is 65.3 Å². The van der Waals surface area contributed by atoms with Gasteiger partial charge in [0.15, 0.2) is 0 Å². The summed E-state index contributed by atoms with van der Waals surface area (Å²) in [5.74, 6) is 0.743. The van der Waals surface area contributed by atoms with E-state index in [0.29, 0.717) is 5.41 Å². The predicted octanol–water partition coefficient (Wildman–Crippen LogP) is 3.93. The van der Waals surface area contributed by atoms with Gasteiger partial charge in [-0.3, -0.25) is 0 Å². The maximum atomic E-state index is 6.57. The van der Waals surface area contributed by atoms with Crippen molar-refractivity contribution in [2.24, 2.45) is 17.1 Å². The largest absolute Gasteiger partial charge is 0.327 e. The van der Waals surface area contributed by atoms with Crippen LogP contribution in [0.4, 0.5) is 0 Å². The smallest absolute Gasteiger partial charge is 0.0943 e. The molecule has 0 aromatic carbocycles. The third kappa shape index (κ3) is 3.12. The van der Waals surface area contributed by atoms with E-state index in [9.17, 15) is 0 Å². The summed E-state index contributed by atoms with van der Waals surface area (Å²) >= 11 is 1.76. The van der Waals surface area contributed by atoms with Gasteiger partial charge in [0, 0.05) is 23.5 Å². The van der Waals surface area contributed by atoms with Gasteiger partial charge >= 0.3 is 0 Å². The molecule has 1 aromatic rings. The first kappa shape index (κ1) is 14.0. The SMILES string of the molecule is Cc1csc(CC(N)C2(CC(C)C)CCCC2)n1. The van der Waals surface area contributed by atoms with E-state index in [-0.39, 0.29) is 6.04 Å². The Morgan fingerprint density at radius 3 is 2.56 bits per heavy atom. The molecule has 2 nitrogen and oxygen atoms in total. The van der Waals surface area contributed by atoms with Gasteiger partial charge in [-0.1, -0.05) is 26.7 Å². The molecule has 18 heavy (non-hydrogen) atoms. The zero-order valence-corrected chi connectivity index (χ0v) is 12.7. The van der Waals surface area contributed by atoms with Crippen molar-refractivity contribution in [2.75, 3.05) is 0 Å². The lowest BCUT2D eigenvalue weighted by Crippen LogP contribution is -2.42. The van der Waals surface area contributed by atoms with Gasteiger partial charge in [-0.2, -0.15) is 0 Å². The van der Waals surface area contributed by atoms with Crippen molar-refractivity contribution in [1.82, 2.24) is 4.98 Å². The summed E-state index contributed by atoms with van der Waals surface area (Å²) in [4.78, 5) is 4.57. The second kappa shape index (κ2) is 5.70. The molecule has 0 saturated heterocycles. The molecule has 1 unspecified atom stereocenters. The molecular weight excluding hydrogens is 240 g/mol. The first-order valence-corrected chi connectivity index (χ1v) is 8.06. The molecule has 2 N–H and O–H groups in total. The van der Waals surface area contributed by atoms with E-state index >= 15 is 0 Å². The summed E-state index contributed by atoms with van der Waals surface area (Å²) in [7, 11) is 0. The van der Waals surface area contributed by atoms with Crippen molar-refractivity contribution in [1.29, 1.82) is 0 Å². The average Bonchev–Trinajstić information content (AvgIpc) is 2.88. The number of nitrogens with two attached hydrogens (primary N) is 1. The number of hydrogen-bond donors (Lipinski definition) is 1. The van der Waals surface area contributed by atoms with Crippen LogP contribution in [0.15, 0.2) is 5.38 Å². The molecule has 0 spiro atoms. The summed E-state index contributed by atoms with van der Waals surface area (Å²) in [6, 6.07) is 0.285. The topological polar surface area (TPSA) is 38.9 Å². The fourth-order valence-electron chi connectivity index (χ4n) is 3.52. The number of aryl methyl sites for hydroxylation is 1. The van der Waals surface area contributed by atoms with Gasteiger partial charge in [0.2, 0.25) is 0 Å². The number of thiazole rings is 1. The predicted molar refractivity (Wildman–Crippen MR) is 78.9 cm³/mol. The van der Waals surface area contributed by atoms with Gasteiger partial charge < -0.3 is 5.73 Å². The van der Waals surface area contributed by atoms with Crippen molar-refractivity contribution < 1.29 is 0 Å². The van der Waals surface area contributed by atoms with E-state index in [2.05, 4.69) is 31.1 Å². The first-order valence-electron chi connectivity index (χ1n) is 7.18. The highest BCUT2D eigenvalue weighted by Crippen LogP contribution is 2.46. The highest BCUT2D eigenvalue weighted by atomic mass is 32.1. The maximum Gasteiger partial charge on any atom is 0.0943 e. The van der Waals surface area contributed by atoms with Gasteiger partial charge in [-0.15, -0.1) is 11.3 Å². The Morgan fingerprint density at radius 1 is 1.39 bits per heavy atom. The van der Waals surface area contributed by atoms with Gasteiger partial charge in [0.25, 0.3) is 0 Å².